The van der Waals surface area contributed by atoms with Crippen molar-refractivity contribution >= 4 is 17.2 Å². The minimum absolute atomic E-state index is 0.744. The summed E-state index contributed by atoms with van der Waals surface area (Å²) in [5, 5.41) is 7.28. The number of anilines is 1. The molecule has 0 amide bonds. The minimum Gasteiger partial charge on any atom is -0.373 e. The Hall–Kier alpha value is -2.21. The van der Waals surface area contributed by atoms with Crippen LogP contribution in [0, 0.1) is 6.92 Å². The summed E-state index contributed by atoms with van der Waals surface area (Å²) in [6.07, 6.45) is 3.76. The van der Waals surface area contributed by atoms with E-state index in [1.54, 1.807) is 16.0 Å². The molecule has 3 heterocycles. The van der Waals surface area contributed by atoms with Crippen LogP contribution < -0.4 is 5.32 Å². The molecule has 3 rings (SSSR count). The lowest BCUT2D eigenvalue weighted by atomic mass is 10.2. The first-order chi connectivity index (χ1) is 9.65. The van der Waals surface area contributed by atoms with E-state index in [1.807, 2.05) is 32.6 Å². The Labute approximate surface area is 121 Å². The lowest BCUT2D eigenvalue weighted by Crippen LogP contribution is -1.97. The number of aryl methyl sites for hydroxylation is 2. The molecule has 0 saturated heterocycles. The summed E-state index contributed by atoms with van der Waals surface area (Å²) in [6, 6.07) is 6.07. The maximum absolute atomic E-state index is 4.65. The molecule has 0 spiro atoms. The Morgan fingerprint density at radius 1 is 1.25 bits per heavy atom. The van der Waals surface area contributed by atoms with Crippen LogP contribution in [0.25, 0.3) is 22.0 Å². The van der Waals surface area contributed by atoms with Gasteiger partial charge in [0.1, 0.15) is 5.82 Å². The van der Waals surface area contributed by atoms with Crippen molar-refractivity contribution in [3.63, 3.8) is 0 Å². The SMILES string of the molecule is CNc1cc(-c2cnn(C)c2)nc(-c2ccc(C)s2)n1. The Kier molecular flexibility index (Phi) is 3.23. The van der Waals surface area contributed by atoms with Gasteiger partial charge in [-0.1, -0.05) is 0 Å². The number of hydrogen-bond acceptors (Lipinski definition) is 5. The first kappa shape index (κ1) is 12.8. The van der Waals surface area contributed by atoms with Gasteiger partial charge in [0.05, 0.1) is 16.8 Å². The Balaban J connectivity index is 2.12. The minimum atomic E-state index is 0.744. The summed E-state index contributed by atoms with van der Waals surface area (Å²) in [7, 11) is 3.76. The normalized spacial score (nSPS) is 10.8. The van der Waals surface area contributed by atoms with Gasteiger partial charge in [-0.2, -0.15) is 5.10 Å². The van der Waals surface area contributed by atoms with Crippen molar-refractivity contribution in [1.29, 1.82) is 0 Å². The summed E-state index contributed by atoms with van der Waals surface area (Å²) in [5.74, 6) is 1.55. The van der Waals surface area contributed by atoms with Gasteiger partial charge < -0.3 is 5.32 Å². The molecule has 0 radical (unpaired) electrons. The summed E-state index contributed by atoms with van der Waals surface area (Å²) < 4.78 is 1.77. The molecule has 3 aromatic heterocycles. The van der Waals surface area contributed by atoms with Gasteiger partial charge in [0.15, 0.2) is 5.82 Å². The van der Waals surface area contributed by atoms with E-state index in [4.69, 9.17) is 0 Å². The largest absolute Gasteiger partial charge is 0.373 e. The highest BCUT2D eigenvalue weighted by atomic mass is 32.1. The number of hydrogen-bond donors (Lipinski definition) is 1. The molecule has 102 valence electrons. The number of nitrogens with zero attached hydrogens (tertiary/aromatic N) is 4. The quantitative estimate of drug-likeness (QED) is 0.804. The fraction of sp³-hybridized carbons (Fsp3) is 0.214. The van der Waals surface area contributed by atoms with Crippen LogP contribution in [-0.4, -0.2) is 26.8 Å². The zero-order valence-electron chi connectivity index (χ0n) is 11.6. The molecule has 0 aromatic carbocycles. The van der Waals surface area contributed by atoms with Crippen LogP contribution in [0.2, 0.25) is 0 Å². The second kappa shape index (κ2) is 5.05. The zero-order chi connectivity index (χ0) is 14.1. The van der Waals surface area contributed by atoms with Crippen LogP contribution in [0.5, 0.6) is 0 Å². The monoisotopic (exact) mass is 285 g/mol. The third kappa shape index (κ3) is 2.42. The fourth-order valence-corrected chi connectivity index (χ4v) is 2.74. The van der Waals surface area contributed by atoms with Crippen LogP contribution in [0.4, 0.5) is 5.82 Å². The van der Waals surface area contributed by atoms with Crippen molar-refractivity contribution in [2.45, 2.75) is 6.92 Å². The van der Waals surface area contributed by atoms with E-state index in [9.17, 15) is 0 Å². The van der Waals surface area contributed by atoms with Gasteiger partial charge in [0.25, 0.3) is 0 Å². The van der Waals surface area contributed by atoms with Gasteiger partial charge in [-0.3, -0.25) is 4.68 Å². The summed E-state index contributed by atoms with van der Waals surface area (Å²) in [6.45, 7) is 2.08. The molecule has 0 bridgehead atoms. The first-order valence-electron chi connectivity index (χ1n) is 6.28. The Morgan fingerprint density at radius 3 is 2.70 bits per heavy atom. The lowest BCUT2D eigenvalue weighted by Gasteiger charge is -2.05. The van der Waals surface area contributed by atoms with Gasteiger partial charge in [0, 0.05) is 36.8 Å². The molecule has 0 aliphatic rings. The second-order valence-corrected chi connectivity index (χ2v) is 5.81. The lowest BCUT2D eigenvalue weighted by molar-refractivity contribution is 0.768. The molecular weight excluding hydrogens is 270 g/mol. The maximum Gasteiger partial charge on any atom is 0.172 e. The smallest absolute Gasteiger partial charge is 0.172 e. The molecule has 1 N–H and O–H groups in total. The molecule has 0 unspecified atom stereocenters. The van der Waals surface area contributed by atoms with Crippen LogP contribution in [0.1, 0.15) is 4.88 Å². The van der Waals surface area contributed by atoms with Crippen molar-refractivity contribution in [3.8, 4) is 22.0 Å². The van der Waals surface area contributed by atoms with Crippen molar-refractivity contribution in [2.24, 2.45) is 7.05 Å². The van der Waals surface area contributed by atoms with Gasteiger partial charge in [0.2, 0.25) is 0 Å². The third-order valence-corrected chi connectivity index (χ3v) is 3.94. The second-order valence-electron chi connectivity index (χ2n) is 4.53. The molecule has 3 aromatic rings. The highest BCUT2D eigenvalue weighted by molar-refractivity contribution is 7.15. The Bertz CT molecular complexity index is 685. The molecule has 6 heteroatoms. The third-order valence-electron chi connectivity index (χ3n) is 2.94. The fourth-order valence-electron chi connectivity index (χ4n) is 1.94. The van der Waals surface area contributed by atoms with Crippen LogP contribution >= 0.6 is 11.3 Å². The molecule has 0 saturated carbocycles. The van der Waals surface area contributed by atoms with E-state index in [0.717, 1.165) is 27.8 Å². The topological polar surface area (TPSA) is 55.6 Å². The predicted molar refractivity (Wildman–Crippen MR) is 81.8 cm³/mol. The number of nitrogens with one attached hydrogen (secondary N) is 1. The molecule has 0 aliphatic carbocycles. The maximum atomic E-state index is 4.65. The molecular formula is C14H15N5S. The van der Waals surface area contributed by atoms with E-state index in [2.05, 4.69) is 39.4 Å². The summed E-state index contributed by atoms with van der Waals surface area (Å²) in [4.78, 5) is 11.5. The summed E-state index contributed by atoms with van der Waals surface area (Å²) >= 11 is 1.70. The predicted octanol–water partition coefficient (Wildman–Crippen LogP) is 2.96. The van der Waals surface area contributed by atoms with E-state index in [0.29, 0.717) is 0 Å². The van der Waals surface area contributed by atoms with E-state index in [-0.39, 0.29) is 0 Å². The van der Waals surface area contributed by atoms with Crippen molar-refractivity contribution in [1.82, 2.24) is 19.7 Å². The van der Waals surface area contributed by atoms with E-state index < -0.39 is 0 Å². The molecule has 0 fully saturated rings. The molecule has 0 aliphatic heterocycles. The first-order valence-corrected chi connectivity index (χ1v) is 7.10. The van der Waals surface area contributed by atoms with Gasteiger partial charge >= 0.3 is 0 Å². The van der Waals surface area contributed by atoms with Crippen LogP contribution in [-0.2, 0) is 7.05 Å². The van der Waals surface area contributed by atoms with Crippen molar-refractivity contribution in [3.05, 3.63) is 35.5 Å². The summed E-state index contributed by atoms with van der Waals surface area (Å²) in [5.41, 5.74) is 1.86. The van der Waals surface area contributed by atoms with E-state index >= 15 is 0 Å². The number of rotatable bonds is 3. The molecule has 0 atom stereocenters. The van der Waals surface area contributed by atoms with Crippen LogP contribution in [0.3, 0.4) is 0 Å². The molecule has 20 heavy (non-hydrogen) atoms. The highest BCUT2D eigenvalue weighted by Gasteiger charge is 2.10. The van der Waals surface area contributed by atoms with E-state index in [1.165, 1.54) is 4.88 Å². The average molecular weight is 285 g/mol. The Morgan fingerprint density at radius 2 is 2.10 bits per heavy atom. The van der Waals surface area contributed by atoms with Gasteiger partial charge in [-0.15, -0.1) is 11.3 Å². The molecule has 5 nitrogen and oxygen atoms in total. The number of aromatic nitrogens is 4. The zero-order valence-corrected chi connectivity index (χ0v) is 12.4. The van der Waals surface area contributed by atoms with Gasteiger partial charge in [-0.25, -0.2) is 9.97 Å². The van der Waals surface area contributed by atoms with Crippen LogP contribution in [0.15, 0.2) is 30.6 Å². The highest BCUT2D eigenvalue weighted by Crippen LogP contribution is 2.28. The number of thiophene rings is 1. The van der Waals surface area contributed by atoms with Crippen molar-refractivity contribution in [2.75, 3.05) is 12.4 Å². The average Bonchev–Trinajstić information content (AvgIpc) is 3.07. The standard InChI is InChI=1S/C14H15N5S/c1-9-4-5-12(20-9)14-17-11(6-13(15-2)18-14)10-7-16-19(3)8-10/h4-8H,1-3H3,(H,15,17,18). The van der Waals surface area contributed by atoms with Gasteiger partial charge in [-0.05, 0) is 19.1 Å². The van der Waals surface area contributed by atoms with Crippen molar-refractivity contribution < 1.29 is 0 Å².